The van der Waals surface area contributed by atoms with Crippen molar-refractivity contribution in [2.24, 2.45) is 5.84 Å². The molecule has 0 bridgehead atoms. The maximum atomic E-state index is 5.74. The molecule has 1 aromatic carbocycles. The fourth-order valence-corrected chi connectivity index (χ4v) is 2.50. The number of hydrazine groups is 1. The van der Waals surface area contributed by atoms with E-state index in [0.29, 0.717) is 0 Å². The number of nitrogens with two attached hydrogens (primary N) is 1. The van der Waals surface area contributed by atoms with Gasteiger partial charge in [0.25, 0.3) is 0 Å². The lowest BCUT2D eigenvalue weighted by Crippen LogP contribution is -2.31. The van der Waals surface area contributed by atoms with Gasteiger partial charge in [0.2, 0.25) is 0 Å². The van der Waals surface area contributed by atoms with Gasteiger partial charge in [-0.15, -0.1) is 0 Å². The summed E-state index contributed by atoms with van der Waals surface area (Å²) < 4.78 is 1.95. The molecular weight excluding hydrogens is 250 g/mol. The number of nitrogens with zero attached hydrogens (tertiary/aromatic N) is 3. The first kappa shape index (κ1) is 14.7. The second-order valence-corrected chi connectivity index (χ2v) is 5.18. The van der Waals surface area contributed by atoms with Crippen molar-refractivity contribution in [1.29, 1.82) is 0 Å². The van der Waals surface area contributed by atoms with Crippen LogP contribution in [-0.4, -0.2) is 14.8 Å². The fraction of sp³-hybridized carbons (Fsp3) is 0.467. The molecule has 108 valence electrons. The Hall–Kier alpha value is -1.72. The minimum atomic E-state index is 0.0513. The maximum Gasteiger partial charge on any atom is 0.138 e. The molecule has 0 saturated heterocycles. The van der Waals surface area contributed by atoms with Crippen LogP contribution in [0.15, 0.2) is 24.5 Å². The molecule has 0 spiro atoms. The lowest BCUT2D eigenvalue weighted by atomic mass is 9.97. The van der Waals surface area contributed by atoms with Crippen molar-refractivity contribution in [3.8, 4) is 0 Å². The molecule has 2 rings (SSSR count). The quantitative estimate of drug-likeness (QED) is 0.624. The molecule has 5 heteroatoms. The Balaban J connectivity index is 2.22. The van der Waals surface area contributed by atoms with Crippen LogP contribution in [0, 0.1) is 13.8 Å². The van der Waals surface area contributed by atoms with E-state index in [2.05, 4.69) is 54.5 Å². The normalized spacial score (nSPS) is 12.6. The summed E-state index contributed by atoms with van der Waals surface area (Å²) in [5.74, 6) is 6.71. The van der Waals surface area contributed by atoms with E-state index >= 15 is 0 Å². The largest absolute Gasteiger partial charge is 0.271 e. The minimum absolute atomic E-state index is 0.0513. The molecule has 1 heterocycles. The van der Waals surface area contributed by atoms with Crippen LogP contribution in [0.5, 0.6) is 0 Å². The first-order chi connectivity index (χ1) is 9.65. The molecule has 1 atom stereocenters. The van der Waals surface area contributed by atoms with Crippen LogP contribution < -0.4 is 11.3 Å². The van der Waals surface area contributed by atoms with Crippen molar-refractivity contribution >= 4 is 0 Å². The van der Waals surface area contributed by atoms with Gasteiger partial charge in [0.05, 0.1) is 6.04 Å². The molecule has 20 heavy (non-hydrogen) atoms. The summed E-state index contributed by atoms with van der Waals surface area (Å²) in [6.07, 6.45) is 3.39. The van der Waals surface area contributed by atoms with E-state index in [1.165, 1.54) is 16.7 Å². The Labute approximate surface area is 120 Å². The SMILES string of the molecule is CCCn1ncnc1CC(NN)c1ccc(C)cc1C. The lowest BCUT2D eigenvalue weighted by molar-refractivity contribution is 0.497. The first-order valence-corrected chi connectivity index (χ1v) is 7.05. The summed E-state index contributed by atoms with van der Waals surface area (Å²) in [7, 11) is 0. The third-order valence-corrected chi connectivity index (χ3v) is 3.52. The molecule has 0 amide bonds. The second-order valence-electron chi connectivity index (χ2n) is 5.18. The summed E-state index contributed by atoms with van der Waals surface area (Å²) in [5, 5.41) is 4.26. The van der Waals surface area contributed by atoms with Gasteiger partial charge in [0, 0.05) is 13.0 Å². The standard InChI is InChI=1S/C15H23N5/c1-4-7-20-15(17-10-18-20)9-14(19-16)13-6-5-11(2)8-12(13)3/h5-6,8,10,14,19H,4,7,9,16H2,1-3H3. The number of nitrogens with one attached hydrogen (secondary N) is 1. The summed E-state index contributed by atoms with van der Waals surface area (Å²) >= 11 is 0. The van der Waals surface area contributed by atoms with Gasteiger partial charge in [-0.1, -0.05) is 30.7 Å². The fourth-order valence-electron chi connectivity index (χ4n) is 2.50. The Kier molecular flexibility index (Phi) is 4.87. The zero-order chi connectivity index (χ0) is 14.5. The molecule has 5 nitrogen and oxygen atoms in total. The van der Waals surface area contributed by atoms with E-state index in [1.54, 1.807) is 6.33 Å². The van der Waals surface area contributed by atoms with Crippen LogP contribution in [0.2, 0.25) is 0 Å². The van der Waals surface area contributed by atoms with Gasteiger partial charge < -0.3 is 0 Å². The van der Waals surface area contributed by atoms with Crippen molar-refractivity contribution in [2.45, 2.75) is 46.2 Å². The Morgan fingerprint density at radius 1 is 1.35 bits per heavy atom. The van der Waals surface area contributed by atoms with Crippen molar-refractivity contribution in [1.82, 2.24) is 20.2 Å². The average Bonchev–Trinajstić information content (AvgIpc) is 2.84. The number of rotatable bonds is 6. The minimum Gasteiger partial charge on any atom is -0.271 e. The molecule has 1 unspecified atom stereocenters. The maximum absolute atomic E-state index is 5.74. The summed E-state index contributed by atoms with van der Waals surface area (Å²) in [6.45, 7) is 7.23. The van der Waals surface area contributed by atoms with Gasteiger partial charge in [0.15, 0.2) is 0 Å². The van der Waals surface area contributed by atoms with Crippen LogP contribution in [0.4, 0.5) is 0 Å². The van der Waals surface area contributed by atoms with Gasteiger partial charge in [-0.25, -0.2) is 4.98 Å². The van der Waals surface area contributed by atoms with Crippen molar-refractivity contribution in [3.63, 3.8) is 0 Å². The van der Waals surface area contributed by atoms with Gasteiger partial charge in [-0.2, -0.15) is 5.10 Å². The molecule has 0 aliphatic carbocycles. The van der Waals surface area contributed by atoms with Crippen LogP contribution in [-0.2, 0) is 13.0 Å². The monoisotopic (exact) mass is 273 g/mol. The number of hydrogen-bond donors (Lipinski definition) is 2. The van der Waals surface area contributed by atoms with Gasteiger partial charge >= 0.3 is 0 Å². The van der Waals surface area contributed by atoms with Crippen LogP contribution in [0.3, 0.4) is 0 Å². The second kappa shape index (κ2) is 6.63. The Morgan fingerprint density at radius 3 is 2.80 bits per heavy atom. The average molecular weight is 273 g/mol. The summed E-state index contributed by atoms with van der Waals surface area (Å²) in [4.78, 5) is 4.35. The number of aryl methyl sites for hydroxylation is 3. The Bertz CT molecular complexity index is 561. The molecule has 0 fully saturated rings. The first-order valence-electron chi connectivity index (χ1n) is 7.05. The zero-order valence-corrected chi connectivity index (χ0v) is 12.4. The topological polar surface area (TPSA) is 68.8 Å². The number of aromatic nitrogens is 3. The van der Waals surface area contributed by atoms with Crippen LogP contribution in [0.1, 0.15) is 41.9 Å². The van der Waals surface area contributed by atoms with Gasteiger partial charge in [-0.3, -0.25) is 16.0 Å². The molecule has 1 aromatic heterocycles. The third-order valence-electron chi connectivity index (χ3n) is 3.52. The summed E-state index contributed by atoms with van der Waals surface area (Å²) in [6, 6.07) is 6.48. The molecule has 0 saturated carbocycles. The Morgan fingerprint density at radius 2 is 2.15 bits per heavy atom. The van der Waals surface area contributed by atoms with Crippen molar-refractivity contribution in [2.75, 3.05) is 0 Å². The van der Waals surface area contributed by atoms with E-state index in [4.69, 9.17) is 5.84 Å². The lowest BCUT2D eigenvalue weighted by Gasteiger charge is -2.19. The zero-order valence-electron chi connectivity index (χ0n) is 12.4. The van der Waals surface area contributed by atoms with E-state index in [0.717, 1.165) is 25.2 Å². The molecule has 0 radical (unpaired) electrons. The molecular formula is C15H23N5. The van der Waals surface area contributed by atoms with Crippen LogP contribution in [0.25, 0.3) is 0 Å². The molecule has 3 N–H and O–H groups in total. The van der Waals surface area contributed by atoms with E-state index in [-0.39, 0.29) is 6.04 Å². The highest BCUT2D eigenvalue weighted by molar-refractivity contribution is 5.33. The highest BCUT2D eigenvalue weighted by atomic mass is 15.3. The van der Waals surface area contributed by atoms with Gasteiger partial charge in [-0.05, 0) is 31.4 Å². The smallest absolute Gasteiger partial charge is 0.138 e. The van der Waals surface area contributed by atoms with E-state index < -0.39 is 0 Å². The van der Waals surface area contributed by atoms with E-state index in [1.807, 2.05) is 4.68 Å². The van der Waals surface area contributed by atoms with Gasteiger partial charge in [0.1, 0.15) is 12.2 Å². The number of hydrogen-bond acceptors (Lipinski definition) is 4. The van der Waals surface area contributed by atoms with Crippen molar-refractivity contribution in [3.05, 3.63) is 47.0 Å². The predicted octanol–water partition coefficient (Wildman–Crippen LogP) is 2.05. The molecule has 0 aliphatic heterocycles. The molecule has 0 aliphatic rings. The summed E-state index contributed by atoms with van der Waals surface area (Å²) in [5.41, 5.74) is 6.62. The predicted molar refractivity (Wildman–Crippen MR) is 80.0 cm³/mol. The number of benzene rings is 1. The highest BCUT2D eigenvalue weighted by Crippen LogP contribution is 2.21. The third kappa shape index (κ3) is 3.23. The molecule has 2 aromatic rings. The van der Waals surface area contributed by atoms with Crippen molar-refractivity contribution < 1.29 is 0 Å². The highest BCUT2D eigenvalue weighted by Gasteiger charge is 2.16. The van der Waals surface area contributed by atoms with E-state index in [9.17, 15) is 0 Å². The van der Waals surface area contributed by atoms with Crippen LogP contribution >= 0.6 is 0 Å².